The van der Waals surface area contributed by atoms with Crippen LogP contribution in [0.3, 0.4) is 0 Å². The van der Waals surface area contributed by atoms with Gasteiger partial charge in [0.25, 0.3) is 0 Å². The Kier molecular flexibility index (Phi) is 5.45. The van der Waals surface area contributed by atoms with Gasteiger partial charge in [-0.1, -0.05) is 18.2 Å². The highest BCUT2D eigenvalue weighted by Crippen LogP contribution is 2.22. The molecule has 3 aromatic rings. The molecule has 3 rings (SSSR count). The van der Waals surface area contributed by atoms with Crippen LogP contribution in [0.4, 0.5) is 0 Å². The van der Waals surface area contributed by atoms with Crippen LogP contribution in [0.2, 0.25) is 0 Å². The molecule has 0 spiro atoms. The molecule has 1 aromatic heterocycles. The van der Waals surface area contributed by atoms with E-state index in [0.29, 0.717) is 30.4 Å². The van der Waals surface area contributed by atoms with Gasteiger partial charge in [0.15, 0.2) is 0 Å². The van der Waals surface area contributed by atoms with Crippen molar-refractivity contribution in [2.75, 3.05) is 6.61 Å². The molecule has 0 saturated carbocycles. The van der Waals surface area contributed by atoms with Gasteiger partial charge in [0, 0.05) is 12.0 Å². The average Bonchev–Trinajstić information content (AvgIpc) is 3.12. The van der Waals surface area contributed by atoms with Crippen LogP contribution in [0, 0.1) is 0 Å². The van der Waals surface area contributed by atoms with Gasteiger partial charge in [0.2, 0.25) is 5.89 Å². The Hall–Kier alpha value is -3.28. The number of hydrogen-bond donors (Lipinski definition) is 0. The van der Waals surface area contributed by atoms with E-state index in [2.05, 4.69) is 4.98 Å². The lowest BCUT2D eigenvalue weighted by molar-refractivity contribution is -0.320. The number of carbonyl (C=O) groups is 1. The molecule has 1 heterocycles. The van der Waals surface area contributed by atoms with Crippen molar-refractivity contribution in [2.45, 2.75) is 25.9 Å². The van der Waals surface area contributed by atoms with Crippen molar-refractivity contribution in [1.82, 2.24) is 4.98 Å². The number of carbonyl (C=O) groups excluding carboxylic acids is 1. The number of carboxylic acids is 1. The van der Waals surface area contributed by atoms with Gasteiger partial charge in [-0.05, 0) is 50.2 Å². The number of ether oxygens (including phenoxy) is 2. The van der Waals surface area contributed by atoms with E-state index in [0.717, 1.165) is 11.3 Å². The van der Waals surface area contributed by atoms with E-state index in [1.54, 1.807) is 30.5 Å². The van der Waals surface area contributed by atoms with Crippen LogP contribution in [0.1, 0.15) is 19.5 Å². The molecule has 0 radical (unpaired) electrons. The van der Waals surface area contributed by atoms with Crippen molar-refractivity contribution >= 4 is 5.97 Å². The minimum absolute atomic E-state index is 0.431. The summed E-state index contributed by atoms with van der Waals surface area (Å²) in [6.07, 6.45) is 2.23. The molecule has 0 amide bonds. The van der Waals surface area contributed by atoms with Crippen LogP contribution >= 0.6 is 0 Å². The third kappa shape index (κ3) is 4.88. The number of aliphatic carboxylic acids is 1. The van der Waals surface area contributed by atoms with Crippen LogP contribution in [0.5, 0.6) is 11.5 Å². The minimum Gasteiger partial charge on any atom is -0.546 e. The number of nitrogens with zero attached hydrogens (tertiary/aromatic N) is 1. The van der Waals surface area contributed by atoms with Crippen molar-refractivity contribution in [1.29, 1.82) is 0 Å². The molecule has 6 heteroatoms. The highest BCUT2D eigenvalue weighted by molar-refractivity contribution is 5.74. The van der Waals surface area contributed by atoms with Crippen LogP contribution < -0.4 is 14.6 Å². The lowest BCUT2D eigenvalue weighted by Gasteiger charge is -2.27. The Bertz CT molecular complexity index is 884. The van der Waals surface area contributed by atoms with Gasteiger partial charge in [-0.3, -0.25) is 0 Å². The summed E-state index contributed by atoms with van der Waals surface area (Å²) in [4.78, 5) is 15.4. The summed E-state index contributed by atoms with van der Waals surface area (Å²) in [5.74, 6) is 0.397. The van der Waals surface area contributed by atoms with E-state index in [-0.39, 0.29) is 0 Å². The first-order chi connectivity index (χ1) is 12.9. The van der Waals surface area contributed by atoms with Gasteiger partial charge in [-0.15, -0.1) is 0 Å². The zero-order chi connectivity index (χ0) is 19.3. The molecule has 0 unspecified atom stereocenters. The molecule has 0 aliphatic rings. The number of rotatable bonds is 8. The van der Waals surface area contributed by atoms with E-state index in [4.69, 9.17) is 13.9 Å². The maximum Gasteiger partial charge on any atom is 0.226 e. The summed E-state index contributed by atoms with van der Waals surface area (Å²) in [6, 6.07) is 16.4. The van der Waals surface area contributed by atoms with E-state index in [9.17, 15) is 9.90 Å². The second kappa shape index (κ2) is 7.95. The second-order valence-electron chi connectivity index (χ2n) is 6.48. The van der Waals surface area contributed by atoms with Crippen LogP contribution in [0.15, 0.2) is 65.3 Å². The van der Waals surface area contributed by atoms with Gasteiger partial charge in [0.05, 0.1) is 18.3 Å². The lowest BCUT2D eigenvalue weighted by atomic mass is 10.1. The van der Waals surface area contributed by atoms with Gasteiger partial charge in [-0.25, -0.2) is 4.98 Å². The van der Waals surface area contributed by atoms with E-state index >= 15 is 0 Å². The third-order valence-electron chi connectivity index (χ3n) is 3.89. The fourth-order valence-corrected chi connectivity index (χ4v) is 2.35. The summed E-state index contributed by atoms with van der Waals surface area (Å²) in [5.41, 5.74) is 0.343. The Morgan fingerprint density at radius 1 is 1.07 bits per heavy atom. The Labute approximate surface area is 157 Å². The molecular weight excluding hydrogens is 346 g/mol. The van der Waals surface area contributed by atoms with Gasteiger partial charge < -0.3 is 23.8 Å². The lowest BCUT2D eigenvalue weighted by Crippen LogP contribution is -2.47. The largest absolute Gasteiger partial charge is 0.546 e. The van der Waals surface area contributed by atoms with E-state index < -0.39 is 11.6 Å². The van der Waals surface area contributed by atoms with Gasteiger partial charge in [0.1, 0.15) is 23.4 Å². The third-order valence-corrected chi connectivity index (χ3v) is 3.89. The van der Waals surface area contributed by atoms with Crippen molar-refractivity contribution in [2.24, 2.45) is 0 Å². The van der Waals surface area contributed by atoms with E-state index in [1.165, 1.54) is 13.8 Å². The number of hydrogen-bond acceptors (Lipinski definition) is 6. The molecule has 0 aliphatic heterocycles. The molecule has 140 valence electrons. The molecule has 0 fully saturated rings. The SMILES string of the molecule is CC(C)(Oc1ccc(OCCc2coc(-c3ccccc3)n2)cc1)C(=O)[O-]. The first-order valence-corrected chi connectivity index (χ1v) is 8.57. The molecular formula is C21H20NO5-. The summed E-state index contributed by atoms with van der Waals surface area (Å²) >= 11 is 0. The monoisotopic (exact) mass is 366 g/mol. The number of oxazole rings is 1. The zero-order valence-corrected chi connectivity index (χ0v) is 15.2. The smallest absolute Gasteiger partial charge is 0.226 e. The normalized spacial score (nSPS) is 11.2. The van der Waals surface area contributed by atoms with Gasteiger partial charge in [-0.2, -0.15) is 0 Å². The van der Waals surface area contributed by atoms with Gasteiger partial charge >= 0.3 is 0 Å². The van der Waals surface area contributed by atoms with Crippen molar-refractivity contribution in [3.8, 4) is 23.0 Å². The Morgan fingerprint density at radius 2 is 1.74 bits per heavy atom. The maximum absolute atomic E-state index is 11.0. The molecule has 27 heavy (non-hydrogen) atoms. The molecule has 0 bridgehead atoms. The first-order valence-electron chi connectivity index (χ1n) is 8.57. The zero-order valence-electron chi connectivity index (χ0n) is 15.2. The Morgan fingerprint density at radius 3 is 2.41 bits per heavy atom. The minimum atomic E-state index is -1.40. The summed E-state index contributed by atoms with van der Waals surface area (Å²) < 4.78 is 16.6. The predicted octanol–water partition coefficient (Wildman–Crippen LogP) is 2.87. The quantitative estimate of drug-likeness (QED) is 0.609. The topological polar surface area (TPSA) is 84.6 Å². The standard InChI is InChI=1S/C21H21NO5/c1-21(2,20(23)24)27-18-10-8-17(9-11-18)25-13-12-16-14-26-19(22-16)15-6-4-3-5-7-15/h3-11,14H,12-13H2,1-2H3,(H,23,24)/p-1. The fourth-order valence-electron chi connectivity index (χ4n) is 2.35. The number of benzene rings is 2. The number of aromatic nitrogens is 1. The predicted molar refractivity (Wildman–Crippen MR) is 97.3 cm³/mol. The van der Waals surface area contributed by atoms with Crippen LogP contribution in [-0.4, -0.2) is 23.2 Å². The molecule has 0 atom stereocenters. The summed E-state index contributed by atoms with van der Waals surface area (Å²) in [5, 5.41) is 11.0. The van der Waals surface area contributed by atoms with E-state index in [1.807, 2.05) is 30.3 Å². The van der Waals surface area contributed by atoms with Crippen LogP contribution in [0.25, 0.3) is 11.5 Å². The van der Waals surface area contributed by atoms with Crippen molar-refractivity contribution in [3.63, 3.8) is 0 Å². The average molecular weight is 366 g/mol. The summed E-state index contributed by atoms with van der Waals surface area (Å²) in [6.45, 7) is 3.31. The highest BCUT2D eigenvalue weighted by Gasteiger charge is 2.21. The second-order valence-corrected chi connectivity index (χ2v) is 6.48. The Balaban J connectivity index is 1.51. The van der Waals surface area contributed by atoms with Crippen molar-refractivity contribution in [3.05, 3.63) is 66.6 Å². The maximum atomic E-state index is 11.0. The molecule has 6 nitrogen and oxygen atoms in total. The summed E-state index contributed by atoms with van der Waals surface area (Å²) in [7, 11) is 0. The number of carboxylic acid groups (broad SMARTS) is 1. The fraction of sp³-hybridized carbons (Fsp3) is 0.238. The highest BCUT2D eigenvalue weighted by atomic mass is 16.5. The molecule has 2 aromatic carbocycles. The first kappa shape index (κ1) is 18.5. The van der Waals surface area contributed by atoms with Crippen molar-refractivity contribution < 1.29 is 23.8 Å². The molecule has 0 saturated heterocycles. The van der Waals surface area contributed by atoms with Crippen LogP contribution in [-0.2, 0) is 11.2 Å². The molecule has 0 N–H and O–H groups in total. The molecule has 0 aliphatic carbocycles.